The Kier molecular flexibility index (Phi) is 4.08. The number of carbonyl (C=O) groups is 1. The number of anilines is 1. The highest BCUT2D eigenvalue weighted by atomic mass is 19.1. The van der Waals surface area contributed by atoms with Gasteiger partial charge in [0.25, 0.3) is 5.91 Å². The van der Waals surface area contributed by atoms with Crippen LogP contribution in [0.3, 0.4) is 0 Å². The predicted octanol–water partition coefficient (Wildman–Crippen LogP) is 3.61. The van der Waals surface area contributed by atoms with Crippen LogP contribution in [0, 0.1) is 12.7 Å². The maximum absolute atomic E-state index is 13.5. The number of aliphatic imine (C=N–C) groups is 1. The van der Waals surface area contributed by atoms with Gasteiger partial charge in [-0.3, -0.25) is 14.7 Å². The molecule has 4 rings (SSSR count). The highest BCUT2D eigenvalue weighted by Crippen LogP contribution is 2.19. The minimum absolute atomic E-state index is 0.228. The molecule has 0 spiro atoms. The molecule has 0 saturated heterocycles. The van der Waals surface area contributed by atoms with Crippen LogP contribution in [0.5, 0.6) is 0 Å². The first-order valence-electron chi connectivity index (χ1n) is 8.37. The number of pyridine rings is 1. The van der Waals surface area contributed by atoms with Crippen molar-refractivity contribution in [1.29, 1.82) is 0 Å². The highest BCUT2D eigenvalue weighted by molar-refractivity contribution is 6.10. The summed E-state index contributed by atoms with van der Waals surface area (Å²) in [5, 5.41) is 4.05. The molecule has 1 aromatic heterocycles. The molecule has 3 aromatic rings. The Morgan fingerprint density at radius 2 is 2.00 bits per heavy atom. The van der Waals surface area contributed by atoms with Crippen LogP contribution in [0.1, 0.15) is 16.1 Å². The third-order valence-corrected chi connectivity index (χ3v) is 4.35. The number of benzene rings is 2. The van der Waals surface area contributed by atoms with E-state index in [-0.39, 0.29) is 11.7 Å². The zero-order valence-corrected chi connectivity index (χ0v) is 14.2. The van der Waals surface area contributed by atoms with Crippen LogP contribution in [0.2, 0.25) is 0 Å². The number of aromatic nitrogens is 1. The number of rotatable bonds is 2. The molecule has 5 nitrogen and oxygen atoms in total. The van der Waals surface area contributed by atoms with Gasteiger partial charge in [0.2, 0.25) is 5.96 Å². The molecule has 0 radical (unpaired) electrons. The van der Waals surface area contributed by atoms with Crippen LogP contribution < -0.4 is 5.32 Å². The number of hydrogen-bond donors (Lipinski definition) is 1. The number of aryl methyl sites for hydroxylation is 1. The Labute approximate surface area is 150 Å². The van der Waals surface area contributed by atoms with E-state index < -0.39 is 0 Å². The summed E-state index contributed by atoms with van der Waals surface area (Å²) >= 11 is 0. The van der Waals surface area contributed by atoms with Gasteiger partial charge in [-0.2, -0.15) is 0 Å². The van der Waals surface area contributed by atoms with Crippen molar-refractivity contribution in [3.05, 3.63) is 71.7 Å². The Morgan fingerprint density at radius 1 is 1.15 bits per heavy atom. The topological polar surface area (TPSA) is 57.6 Å². The van der Waals surface area contributed by atoms with Crippen LogP contribution in [0.15, 0.2) is 59.6 Å². The second-order valence-corrected chi connectivity index (χ2v) is 6.14. The fourth-order valence-corrected chi connectivity index (χ4v) is 2.92. The average Bonchev–Trinajstić information content (AvgIpc) is 3.12. The van der Waals surface area contributed by atoms with Gasteiger partial charge in [-0.25, -0.2) is 9.37 Å². The van der Waals surface area contributed by atoms with Gasteiger partial charge >= 0.3 is 0 Å². The number of nitrogens with one attached hydrogen (secondary N) is 1. The number of carbonyl (C=O) groups excluding carboxylic acids is 1. The first kappa shape index (κ1) is 16.2. The van der Waals surface area contributed by atoms with Gasteiger partial charge in [-0.1, -0.05) is 30.3 Å². The van der Waals surface area contributed by atoms with Crippen molar-refractivity contribution in [2.24, 2.45) is 4.99 Å². The fourth-order valence-electron chi connectivity index (χ4n) is 2.92. The quantitative estimate of drug-likeness (QED) is 0.770. The van der Waals surface area contributed by atoms with E-state index in [4.69, 9.17) is 0 Å². The first-order chi connectivity index (χ1) is 12.6. The van der Waals surface area contributed by atoms with E-state index >= 15 is 0 Å². The zero-order chi connectivity index (χ0) is 18.1. The second-order valence-electron chi connectivity index (χ2n) is 6.14. The molecule has 0 unspecified atom stereocenters. The Hall–Kier alpha value is -3.28. The van der Waals surface area contributed by atoms with Crippen LogP contribution in [0.4, 0.5) is 10.1 Å². The maximum Gasteiger partial charge on any atom is 0.279 e. The summed E-state index contributed by atoms with van der Waals surface area (Å²) in [7, 11) is 0. The largest absolute Gasteiger partial charge is 0.325 e. The summed E-state index contributed by atoms with van der Waals surface area (Å²) in [4.78, 5) is 23.3. The molecule has 2 aromatic carbocycles. The molecule has 1 amide bonds. The van der Waals surface area contributed by atoms with E-state index in [1.165, 1.54) is 12.1 Å². The number of amides is 1. The molecule has 26 heavy (non-hydrogen) atoms. The lowest BCUT2D eigenvalue weighted by atomic mass is 10.2. The number of fused-ring (bicyclic) bond motifs is 1. The molecule has 0 aliphatic carbocycles. The molecule has 6 heteroatoms. The molecular weight excluding hydrogens is 331 g/mol. The summed E-state index contributed by atoms with van der Waals surface area (Å²) in [5.41, 5.74) is 2.59. The lowest BCUT2D eigenvalue weighted by Crippen LogP contribution is -2.38. The predicted molar refractivity (Wildman–Crippen MR) is 99.8 cm³/mol. The van der Waals surface area contributed by atoms with Crippen LogP contribution in [0.25, 0.3) is 10.9 Å². The van der Waals surface area contributed by atoms with E-state index in [1.807, 2.05) is 37.3 Å². The fraction of sp³-hybridized carbons (Fsp3) is 0.150. The van der Waals surface area contributed by atoms with E-state index in [0.29, 0.717) is 30.4 Å². The summed E-state index contributed by atoms with van der Waals surface area (Å²) < 4.78 is 13.5. The maximum atomic E-state index is 13.5. The van der Waals surface area contributed by atoms with Crippen molar-refractivity contribution in [1.82, 2.24) is 9.88 Å². The van der Waals surface area contributed by atoms with Gasteiger partial charge in [-0.15, -0.1) is 0 Å². The van der Waals surface area contributed by atoms with Crippen molar-refractivity contribution < 1.29 is 9.18 Å². The monoisotopic (exact) mass is 348 g/mol. The molecular formula is C20H17FN4O. The van der Waals surface area contributed by atoms with Gasteiger partial charge in [0.05, 0.1) is 12.1 Å². The lowest BCUT2D eigenvalue weighted by molar-refractivity contribution is 0.0852. The van der Waals surface area contributed by atoms with Gasteiger partial charge in [0.15, 0.2) is 0 Å². The van der Waals surface area contributed by atoms with Gasteiger partial charge in [0.1, 0.15) is 11.5 Å². The van der Waals surface area contributed by atoms with E-state index in [1.54, 1.807) is 17.0 Å². The summed E-state index contributed by atoms with van der Waals surface area (Å²) in [6.07, 6.45) is 0. The molecule has 130 valence electrons. The number of guanidine groups is 1. The van der Waals surface area contributed by atoms with E-state index in [9.17, 15) is 9.18 Å². The SMILES string of the molecule is Cc1ccc(F)cc1NC1=NCCN1C(=O)c1ccc2ccccc2n1. The second kappa shape index (κ2) is 6.55. The minimum Gasteiger partial charge on any atom is -0.325 e. The molecule has 0 bridgehead atoms. The highest BCUT2D eigenvalue weighted by Gasteiger charge is 2.26. The van der Waals surface area contributed by atoms with Crippen LogP contribution in [-0.4, -0.2) is 34.8 Å². The number of para-hydroxylation sites is 1. The number of hydrogen-bond acceptors (Lipinski definition) is 4. The molecule has 1 aliphatic rings. The van der Waals surface area contributed by atoms with Crippen molar-refractivity contribution in [2.45, 2.75) is 6.92 Å². The number of nitrogens with zero attached hydrogens (tertiary/aromatic N) is 3. The lowest BCUT2D eigenvalue weighted by Gasteiger charge is -2.20. The van der Waals surface area contributed by atoms with Crippen molar-refractivity contribution in [3.8, 4) is 0 Å². The third-order valence-electron chi connectivity index (χ3n) is 4.35. The summed E-state index contributed by atoms with van der Waals surface area (Å²) in [6.45, 7) is 2.83. The van der Waals surface area contributed by atoms with Crippen LogP contribution in [-0.2, 0) is 0 Å². The first-order valence-corrected chi connectivity index (χ1v) is 8.37. The molecule has 0 atom stereocenters. The molecule has 0 saturated carbocycles. The Balaban J connectivity index is 1.60. The third kappa shape index (κ3) is 3.01. The zero-order valence-electron chi connectivity index (χ0n) is 14.2. The average molecular weight is 348 g/mol. The standard InChI is InChI=1S/C20H17FN4O/c1-13-6-8-15(21)12-18(13)24-20-22-10-11-25(20)19(26)17-9-7-14-4-2-3-5-16(14)23-17/h2-9,12H,10-11H2,1H3,(H,22,24). The van der Waals surface area contributed by atoms with Gasteiger partial charge < -0.3 is 5.32 Å². The summed E-state index contributed by atoms with van der Waals surface area (Å²) in [6, 6.07) is 15.7. The molecule has 1 aliphatic heterocycles. The molecule has 2 heterocycles. The Bertz CT molecular complexity index is 1030. The Morgan fingerprint density at radius 3 is 2.88 bits per heavy atom. The molecule has 1 N–H and O–H groups in total. The van der Waals surface area contributed by atoms with E-state index in [2.05, 4.69) is 15.3 Å². The molecule has 0 fully saturated rings. The van der Waals surface area contributed by atoms with E-state index in [0.717, 1.165) is 16.5 Å². The summed E-state index contributed by atoms with van der Waals surface area (Å²) in [5.74, 6) is -0.155. The van der Waals surface area contributed by atoms with Crippen molar-refractivity contribution in [2.75, 3.05) is 18.4 Å². The van der Waals surface area contributed by atoms with Gasteiger partial charge in [0, 0.05) is 17.6 Å². The number of halogens is 1. The smallest absolute Gasteiger partial charge is 0.279 e. The minimum atomic E-state index is -0.342. The van der Waals surface area contributed by atoms with Crippen molar-refractivity contribution in [3.63, 3.8) is 0 Å². The van der Waals surface area contributed by atoms with Crippen LogP contribution >= 0.6 is 0 Å². The normalized spacial score (nSPS) is 13.8. The van der Waals surface area contributed by atoms with Crippen molar-refractivity contribution >= 4 is 28.5 Å². The van der Waals surface area contributed by atoms with Gasteiger partial charge in [-0.05, 0) is 36.8 Å².